The van der Waals surface area contributed by atoms with Crippen LogP contribution >= 0.6 is 15.9 Å². The van der Waals surface area contributed by atoms with Gasteiger partial charge in [0.1, 0.15) is 4.83 Å². The first-order chi connectivity index (χ1) is 7.65. The van der Waals surface area contributed by atoms with E-state index in [1.807, 2.05) is 0 Å². The lowest BCUT2D eigenvalue weighted by Gasteiger charge is -2.19. The summed E-state index contributed by atoms with van der Waals surface area (Å²) in [5.74, 6) is -0.228. The van der Waals surface area contributed by atoms with E-state index < -0.39 is 0 Å². The van der Waals surface area contributed by atoms with Gasteiger partial charge in [0.25, 0.3) is 0 Å². The van der Waals surface area contributed by atoms with Gasteiger partial charge in [-0.15, -0.1) is 0 Å². The van der Waals surface area contributed by atoms with Crippen LogP contribution in [-0.2, 0) is 9.53 Å². The predicted octanol–water partition coefficient (Wildman–Crippen LogP) is 1.24. The summed E-state index contributed by atoms with van der Waals surface area (Å²) >= 11 is 3.27. The Bertz CT molecular complexity index is 191. The predicted molar refractivity (Wildman–Crippen MR) is 70.0 cm³/mol. The minimum absolute atomic E-state index is 0.228. The van der Waals surface area contributed by atoms with Crippen LogP contribution in [0.3, 0.4) is 0 Å². The molecule has 0 spiro atoms. The van der Waals surface area contributed by atoms with E-state index in [1.54, 1.807) is 0 Å². The molecule has 16 heavy (non-hydrogen) atoms. The van der Waals surface area contributed by atoms with E-state index in [2.05, 4.69) is 44.7 Å². The van der Waals surface area contributed by atoms with Crippen LogP contribution < -0.4 is 5.32 Å². The molecule has 0 amide bonds. The minimum atomic E-state index is -0.251. The molecule has 0 aliphatic carbocycles. The molecule has 0 aromatic heterocycles. The maximum absolute atomic E-state index is 11.1. The number of methoxy groups -OCH3 is 1. The molecular weight excluding hydrogens is 272 g/mol. The highest BCUT2D eigenvalue weighted by atomic mass is 79.9. The number of carbonyl (C=O) groups excluding carboxylic acids is 1. The number of rotatable bonds is 9. The average molecular weight is 295 g/mol. The van der Waals surface area contributed by atoms with Crippen LogP contribution in [0.15, 0.2) is 0 Å². The van der Waals surface area contributed by atoms with E-state index in [-0.39, 0.29) is 10.8 Å². The second-order valence-corrected chi connectivity index (χ2v) is 4.73. The summed E-state index contributed by atoms with van der Waals surface area (Å²) in [5.41, 5.74) is 0. The number of hydrogen-bond acceptors (Lipinski definition) is 4. The van der Waals surface area contributed by atoms with E-state index in [4.69, 9.17) is 0 Å². The standard InChI is InChI=1S/C11H23BrN2O2/c1-4-7-14(5-2)8-6-13-9-10(12)11(15)16-3/h10,13H,4-9H2,1-3H3. The van der Waals surface area contributed by atoms with E-state index in [0.717, 1.165) is 26.2 Å². The van der Waals surface area contributed by atoms with Crippen LogP contribution in [0.1, 0.15) is 20.3 Å². The molecule has 0 fully saturated rings. The lowest BCUT2D eigenvalue weighted by atomic mass is 10.4. The van der Waals surface area contributed by atoms with Crippen molar-refractivity contribution in [3.05, 3.63) is 0 Å². The van der Waals surface area contributed by atoms with E-state index >= 15 is 0 Å². The zero-order chi connectivity index (χ0) is 12.4. The summed E-state index contributed by atoms with van der Waals surface area (Å²) in [7, 11) is 1.40. The second-order valence-electron chi connectivity index (χ2n) is 3.63. The van der Waals surface area contributed by atoms with Crippen molar-refractivity contribution in [3.8, 4) is 0 Å². The van der Waals surface area contributed by atoms with Gasteiger partial charge in [0.05, 0.1) is 7.11 Å². The van der Waals surface area contributed by atoms with Gasteiger partial charge in [-0.25, -0.2) is 0 Å². The Kier molecular flexibility index (Phi) is 9.97. The number of alkyl halides is 1. The fraction of sp³-hybridized carbons (Fsp3) is 0.909. The molecule has 0 aliphatic heterocycles. The third-order valence-corrected chi connectivity index (χ3v) is 3.07. The highest BCUT2D eigenvalue weighted by Crippen LogP contribution is 1.99. The fourth-order valence-corrected chi connectivity index (χ4v) is 1.84. The minimum Gasteiger partial charge on any atom is -0.468 e. The molecule has 0 aromatic rings. The molecular formula is C11H23BrN2O2. The van der Waals surface area contributed by atoms with Gasteiger partial charge in [-0.05, 0) is 19.5 Å². The van der Waals surface area contributed by atoms with Crippen LogP contribution in [0.4, 0.5) is 0 Å². The molecule has 0 heterocycles. The molecule has 0 aliphatic rings. The molecule has 1 unspecified atom stereocenters. The van der Waals surface area contributed by atoms with Crippen LogP contribution in [0.2, 0.25) is 0 Å². The van der Waals surface area contributed by atoms with Crippen molar-refractivity contribution >= 4 is 21.9 Å². The van der Waals surface area contributed by atoms with E-state index in [1.165, 1.54) is 13.5 Å². The van der Waals surface area contributed by atoms with Crippen LogP contribution in [0, 0.1) is 0 Å². The Morgan fingerprint density at radius 1 is 1.44 bits per heavy atom. The number of nitrogens with zero attached hydrogens (tertiary/aromatic N) is 1. The van der Waals surface area contributed by atoms with Gasteiger partial charge in [0.2, 0.25) is 0 Å². The lowest BCUT2D eigenvalue weighted by Crippen LogP contribution is -2.36. The largest absolute Gasteiger partial charge is 0.468 e. The molecule has 0 aromatic carbocycles. The second kappa shape index (κ2) is 10.1. The third-order valence-electron chi connectivity index (χ3n) is 2.37. The summed E-state index contributed by atoms with van der Waals surface area (Å²) in [5, 5.41) is 3.23. The van der Waals surface area contributed by atoms with E-state index in [9.17, 15) is 4.79 Å². The quantitative estimate of drug-likeness (QED) is 0.395. The number of ether oxygens (including phenoxy) is 1. The average Bonchev–Trinajstić information content (AvgIpc) is 2.31. The highest BCUT2D eigenvalue weighted by molar-refractivity contribution is 9.10. The van der Waals surface area contributed by atoms with Crippen molar-refractivity contribution in [2.75, 3.05) is 39.8 Å². The van der Waals surface area contributed by atoms with Gasteiger partial charge in [-0.1, -0.05) is 29.8 Å². The first-order valence-corrected chi connectivity index (χ1v) is 6.72. The Labute approximate surface area is 107 Å². The van der Waals surface area contributed by atoms with E-state index in [0.29, 0.717) is 6.54 Å². The summed E-state index contributed by atoms with van der Waals surface area (Å²) in [6.07, 6.45) is 1.18. The number of esters is 1. The lowest BCUT2D eigenvalue weighted by molar-refractivity contribution is -0.139. The first-order valence-electron chi connectivity index (χ1n) is 5.80. The summed E-state index contributed by atoms with van der Waals surface area (Å²) in [4.78, 5) is 13.2. The summed E-state index contributed by atoms with van der Waals surface area (Å²) in [6, 6.07) is 0. The molecule has 0 saturated carbocycles. The van der Waals surface area contributed by atoms with Crippen molar-refractivity contribution in [2.45, 2.75) is 25.1 Å². The van der Waals surface area contributed by atoms with Gasteiger partial charge < -0.3 is 15.0 Å². The van der Waals surface area contributed by atoms with Crippen molar-refractivity contribution in [3.63, 3.8) is 0 Å². The Morgan fingerprint density at radius 3 is 2.62 bits per heavy atom. The molecule has 0 saturated heterocycles. The number of halogens is 1. The maximum Gasteiger partial charge on any atom is 0.320 e. The van der Waals surface area contributed by atoms with Crippen LogP contribution in [-0.4, -0.2) is 55.5 Å². The molecule has 0 bridgehead atoms. The molecule has 5 heteroatoms. The zero-order valence-electron chi connectivity index (χ0n) is 10.5. The van der Waals surface area contributed by atoms with Crippen molar-refractivity contribution in [1.82, 2.24) is 10.2 Å². The van der Waals surface area contributed by atoms with Crippen molar-refractivity contribution < 1.29 is 9.53 Å². The van der Waals surface area contributed by atoms with Gasteiger partial charge in [0.15, 0.2) is 0 Å². The van der Waals surface area contributed by atoms with Crippen LogP contribution in [0.25, 0.3) is 0 Å². The zero-order valence-corrected chi connectivity index (χ0v) is 12.0. The third kappa shape index (κ3) is 7.19. The SMILES string of the molecule is CCCN(CC)CCNCC(Br)C(=O)OC. The molecule has 1 atom stereocenters. The molecule has 4 nitrogen and oxygen atoms in total. The molecule has 0 rings (SSSR count). The normalized spacial score (nSPS) is 12.8. The Balaban J connectivity index is 3.54. The van der Waals surface area contributed by atoms with Gasteiger partial charge in [-0.2, -0.15) is 0 Å². The Hall–Kier alpha value is -0.130. The van der Waals surface area contributed by atoms with Gasteiger partial charge in [-0.3, -0.25) is 4.79 Å². The van der Waals surface area contributed by atoms with Crippen molar-refractivity contribution in [1.29, 1.82) is 0 Å². The molecule has 96 valence electrons. The monoisotopic (exact) mass is 294 g/mol. The summed E-state index contributed by atoms with van der Waals surface area (Å²) in [6.45, 7) is 9.07. The molecule has 1 N–H and O–H groups in total. The Morgan fingerprint density at radius 2 is 2.12 bits per heavy atom. The number of nitrogens with one attached hydrogen (secondary N) is 1. The fourth-order valence-electron chi connectivity index (χ4n) is 1.42. The number of likely N-dealkylation sites (N-methyl/N-ethyl adjacent to an activating group) is 1. The topological polar surface area (TPSA) is 41.6 Å². The summed E-state index contributed by atoms with van der Waals surface area (Å²) < 4.78 is 4.61. The number of carbonyl (C=O) groups is 1. The molecule has 0 radical (unpaired) electrons. The number of hydrogen-bond donors (Lipinski definition) is 1. The first kappa shape index (κ1) is 15.9. The van der Waals surface area contributed by atoms with Gasteiger partial charge in [0, 0.05) is 19.6 Å². The van der Waals surface area contributed by atoms with Crippen LogP contribution in [0.5, 0.6) is 0 Å². The smallest absolute Gasteiger partial charge is 0.320 e. The maximum atomic E-state index is 11.1. The van der Waals surface area contributed by atoms with Gasteiger partial charge >= 0.3 is 5.97 Å². The highest BCUT2D eigenvalue weighted by Gasteiger charge is 2.13. The van der Waals surface area contributed by atoms with Crippen molar-refractivity contribution in [2.24, 2.45) is 0 Å².